The lowest BCUT2D eigenvalue weighted by molar-refractivity contribution is -0.125. The number of rotatable bonds is 3. The Hall–Kier alpha value is -3.08. The number of sulfonamides is 1. The van der Waals surface area contributed by atoms with E-state index in [-0.39, 0.29) is 18.4 Å². The average molecular weight is 495 g/mol. The van der Waals surface area contributed by atoms with Crippen molar-refractivity contribution in [3.63, 3.8) is 0 Å². The van der Waals surface area contributed by atoms with E-state index in [1.54, 1.807) is 25.1 Å². The summed E-state index contributed by atoms with van der Waals surface area (Å²) >= 11 is 0. The maximum absolute atomic E-state index is 13.5. The van der Waals surface area contributed by atoms with Gasteiger partial charge in [-0.25, -0.2) is 18.4 Å². The van der Waals surface area contributed by atoms with E-state index < -0.39 is 22.2 Å². The Balaban J connectivity index is 1.51. The second-order valence-corrected chi connectivity index (χ2v) is 11.4. The monoisotopic (exact) mass is 494 g/mol. The Kier molecular flexibility index (Phi) is 6.20. The molecule has 1 fully saturated rings. The number of aryl methyl sites for hydroxylation is 1. The van der Waals surface area contributed by atoms with Crippen LogP contribution in [0.25, 0.3) is 10.9 Å². The van der Waals surface area contributed by atoms with Crippen LogP contribution in [-0.4, -0.2) is 65.3 Å². The molecular formula is C25H30N6O3S. The Labute approximate surface area is 205 Å². The number of benzene rings is 2. The fraction of sp³-hybridized carbons (Fsp3) is 0.400. The molecule has 2 bridgehead atoms. The van der Waals surface area contributed by atoms with E-state index in [4.69, 9.17) is 9.97 Å². The second-order valence-electron chi connectivity index (χ2n) is 9.50. The number of para-hydroxylation sites is 1. The largest absolute Gasteiger partial charge is 0.358 e. The molecule has 2 aliphatic rings. The maximum atomic E-state index is 13.5. The van der Waals surface area contributed by atoms with Gasteiger partial charge in [-0.1, -0.05) is 44.2 Å². The molecule has 0 radical (unpaired) electrons. The molecule has 9 nitrogen and oxygen atoms in total. The highest BCUT2D eigenvalue weighted by Crippen LogP contribution is 2.26. The number of hydrogen-bond acceptors (Lipinski definition) is 7. The van der Waals surface area contributed by atoms with Crippen molar-refractivity contribution in [2.24, 2.45) is 5.92 Å². The van der Waals surface area contributed by atoms with E-state index in [0.717, 1.165) is 10.9 Å². The molecule has 184 valence electrons. The molecule has 0 saturated carbocycles. The van der Waals surface area contributed by atoms with Crippen LogP contribution in [0.15, 0.2) is 53.4 Å². The zero-order valence-corrected chi connectivity index (χ0v) is 20.9. The predicted octanol–water partition coefficient (Wildman–Crippen LogP) is 2.34. The smallest absolute Gasteiger partial charge is 0.244 e. The Bertz CT molecular complexity index is 1380. The summed E-state index contributed by atoms with van der Waals surface area (Å²) in [5.41, 5.74) is 1.51. The highest BCUT2D eigenvalue weighted by atomic mass is 32.2. The first-order valence-corrected chi connectivity index (χ1v) is 13.3. The molecule has 1 unspecified atom stereocenters. The van der Waals surface area contributed by atoms with Crippen LogP contribution >= 0.6 is 0 Å². The molecule has 2 aromatic carbocycles. The van der Waals surface area contributed by atoms with E-state index in [1.165, 1.54) is 4.31 Å². The van der Waals surface area contributed by atoms with Crippen LogP contribution in [0.1, 0.15) is 25.2 Å². The first-order valence-electron chi connectivity index (χ1n) is 11.9. The topological polar surface area (TPSA) is 108 Å². The SMILES string of the molecule is Cc1ccccc1S(=O)(=O)N1CCN2Cc3nc(c4ccccc4n3)N[C@@H](C(C)C)C(=O)NC2C1. The molecule has 2 aliphatic heterocycles. The Morgan fingerprint density at radius 3 is 2.51 bits per heavy atom. The van der Waals surface area contributed by atoms with Crippen LogP contribution < -0.4 is 10.6 Å². The third-order valence-corrected chi connectivity index (χ3v) is 8.74. The molecule has 3 aromatic rings. The van der Waals surface area contributed by atoms with Gasteiger partial charge in [0, 0.05) is 25.0 Å². The van der Waals surface area contributed by atoms with Gasteiger partial charge in [-0.15, -0.1) is 0 Å². The van der Waals surface area contributed by atoms with Crippen LogP contribution in [0.4, 0.5) is 5.82 Å². The van der Waals surface area contributed by atoms with Gasteiger partial charge in [0.05, 0.1) is 23.1 Å². The lowest BCUT2D eigenvalue weighted by atomic mass is 10.0. The lowest BCUT2D eigenvalue weighted by Crippen LogP contribution is -2.62. The van der Waals surface area contributed by atoms with Crippen LogP contribution in [0.3, 0.4) is 0 Å². The summed E-state index contributed by atoms with van der Waals surface area (Å²) in [6, 6.07) is 14.2. The lowest BCUT2D eigenvalue weighted by Gasteiger charge is -2.42. The summed E-state index contributed by atoms with van der Waals surface area (Å²) in [7, 11) is -3.70. The summed E-state index contributed by atoms with van der Waals surface area (Å²) in [5.74, 6) is 1.07. The zero-order valence-electron chi connectivity index (χ0n) is 20.1. The third-order valence-electron chi connectivity index (χ3n) is 6.71. The fourth-order valence-electron chi connectivity index (χ4n) is 4.75. The average Bonchev–Trinajstić information content (AvgIpc) is 2.83. The van der Waals surface area contributed by atoms with Gasteiger partial charge in [0.2, 0.25) is 15.9 Å². The number of anilines is 1. The van der Waals surface area contributed by atoms with Crippen LogP contribution in [0, 0.1) is 12.8 Å². The first-order chi connectivity index (χ1) is 16.7. The maximum Gasteiger partial charge on any atom is 0.244 e. The van der Waals surface area contributed by atoms with Gasteiger partial charge in [-0.2, -0.15) is 4.31 Å². The summed E-state index contributed by atoms with van der Waals surface area (Å²) < 4.78 is 28.4. The van der Waals surface area contributed by atoms with E-state index >= 15 is 0 Å². The van der Waals surface area contributed by atoms with Crippen molar-refractivity contribution in [3.8, 4) is 0 Å². The molecule has 2 N–H and O–H groups in total. The molecule has 1 amide bonds. The standard InChI is InChI=1S/C25H30N6O3S/c1-16(2)23-25(32)28-22-15-31(35(33,34)20-11-7-4-8-17(20)3)13-12-30(22)14-21-26-19-10-6-5-9-18(19)24(27-21)29-23/h4-11,16,22-23H,12-15H2,1-3H3,(H,28,32)(H,26,27,29)/t22?,23-/m0/s1. The highest BCUT2D eigenvalue weighted by molar-refractivity contribution is 7.89. The predicted molar refractivity (Wildman–Crippen MR) is 134 cm³/mol. The minimum atomic E-state index is -3.70. The molecular weight excluding hydrogens is 464 g/mol. The molecule has 2 atom stereocenters. The van der Waals surface area contributed by atoms with Crippen molar-refractivity contribution < 1.29 is 13.2 Å². The number of carbonyl (C=O) groups excluding carboxylic acids is 1. The van der Waals surface area contributed by atoms with Gasteiger partial charge in [0.25, 0.3) is 0 Å². The molecule has 3 heterocycles. The number of fused-ring (bicyclic) bond motifs is 5. The van der Waals surface area contributed by atoms with E-state index in [2.05, 4.69) is 15.5 Å². The van der Waals surface area contributed by atoms with Crippen molar-refractivity contribution in [3.05, 3.63) is 59.9 Å². The number of amides is 1. The molecule has 10 heteroatoms. The van der Waals surface area contributed by atoms with Gasteiger partial charge >= 0.3 is 0 Å². The summed E-state index contributed by atoms with van der Waals surface area (Å²) in [6.45, 7) is 7.04. The number of carbonyl (C=O) groups is 1. The first kappa shape index (κ1) is 23.7. The fourth-order valence-corrected chi connectivity index (χ4v) is 6.41. The second kappa shape index (κ2) is 9.18. The third kappa shape index (κ3) is 4.49. The van der Waals surface area contributed by atoms with Gasteiger partial charge in [-0.3, -0.25) is 9.69 Å². The number of piperazine rings is 1. The summed E-state index contributed by atoms with van der Waals surface area (Å²) in [6.07, 6.45) is -0.505. The Morgan fingerprint density at radius 1 is 1.00 bits per heavy atom. The summed E-state index contributed by atoms with van der Waals surface area (Å²) in [4.78, 5) is 25.3. The van der Waals surface area contributed by atoms with Crippen LogP contribution in [0.5, 0.6) is 0 Å². The van der Waals surface area contributed by atoms with Crippen molar-refractivity contribution in [1.29, 1.82) is 0 Å². The van der Waals surface area contributed by atoms with Crippen molar-refractivity contribution in [2.45, 2.75) is 44.4 Å². The van der Waals surface area contributed by atoms with E-state index in [9.17, 15) is 13.2 Å². The van der Waals surface area contributed by atoms with Crippen molar-refractivity contribution >= 4 is 32.7 Å². The van der Waals surface area contributed by atoms with Gasteiger partial charge in [0.1, 0.15) is 17.7 Å². The molecule has 1 aromatic heterocycles. The zero-order chi connectivity index (χ0) is 24.7. The normalized spacial score (nSPS) is 21.9. The van der Waals surface area contributed by atoms with E-state index in [0.29, 0.717) is 41.7 Å². The molecule has 35 heavy (non-hydrogen) atoms. The molecule has 0 spiro atoms. The van der Waals surface area contributed by atoms with Crippen LogP contribution in [-0.2, 0) is 21.4 Å². The van der Waals surface area contributed by atoms with Crippen molar-refractivity contribution in [2.75, 3.05) is 25.0 Å². The van der Waals surface area contributed by atoms with Gasteiger partial charge < -0.3 is 10.6 Å². The number of nitrogens with zero attached hydrogens (tertiary/aromatic N) is 4. The van der Waals surface area contributed by atoms with Crippen molar-refractivity contribution in [1.82, 2.24) is 24.5 Å². The van der Waals surface area contributed by atoms with Gasteiger partial charge in [0.15, 0.2) is 0 Å². The molecule has 5 rings (SSSR count). The Morgan fingerprint density at radius 2 is 1.74 bits per heavy atom. The minimum Gasteiger partial charge on any atom is -0.358 e. The molecule has 0 aliphatic carbocycles. The highest BCUT2D eigenvalue weighted by Gasteiger charge is 2.38. The van der Waals surface area contributed by atoms with Crippen LogP contribution in [0.2, 0.25) is 0 Å². The van der Waals surface area contributed by atoms with Gasteiger partial charge in [-0.05, 0) is 36.6 Å². The quantitative estimate of drug-likeness (QED) is 0.575. The minimum absolute atomic E-state index is 0.0181. The molecule has 1 saturated heterocycles. The number of nitrogens with one attached hydrogen (secondary N) is 2. The summed E-state index contributed by atoms with van der Waals surface area (Å²) in [5, 5.41) is 7.31. The van der Waals surface area contributed by atoms with E-state index in [1.807, 2.05) is 44.2 Å². The number of aromatic nitrogens is 2. The number of hydrogen-bond donors (Lipinski definition) is 2.